The van der Waals surface area contributed by atoms with E-state index in [-0.39, 0.29) is 0 Å². The lowest BCUT2D eigenvalue weighted by molar-refractivity contribution is 0.348. The van der Waals surface area contributed by atoms with E-state index in [2.05, 4.69) is 58.9 Å². The quantitative estimate of drug-likeness (QED) is 0.683. The maximum atomic E-state index is 5.49. The minimum Gasteiger partial charge on any atom is -0.476 e. The van der Waals surface area contributed by atoms with Crippen molar-refractivity contribution in [3.8, 4) is 10.4 Å². The van der Waals surface area contributed by atoms with Crippen LogP contribution >= 0.6 is 11.3 Å². The monoisotopic (exact) mass is 279 g/mol. The Morgan fingerprint density at radius 1 is 0.950 bits per heavy atom. The van der Waals surface area contributed by atoms with Gasteiger partial charge in [0, 0.05) is 15.8 Å². The minimum absolute atomic E-state index is 0.701. The number of aliphatic imine (C=N–C) groups is 1. The van der Waals surface area contributed by atoms with Crippen LogP contribution in [-0.4, -0.2) is 19.0 Å². The highest BCUT2D eigenvalue weighted by molar-refractivity contribution is 7.15. The zero-order chi connectivity index (χ0) is 13.4. The Morgan fingerprint density at radius 2 is 1.75 bits per heavy atom. The van der Waals surface area contributed by atoms with Crippen molar-refractivity contribution in [2.24, 2.45) is 4.99 Å². The lowest BCUT2D eigenvalue weighted by atomic mass is 10.1. The largest absolute Gasteiger partial charge is 0.476 e. The molecular formula is C17H13NOS. The van der Waals surface area contributed by atoms with Gasteiger partial charge in [-0.25, -0.2) is 4.99 Å². The van der Waals surface area contributed by atoms with Crippen LogP contribution in [0.5, 0.6) is 0 Å². The summed E-state index contributed by atoms with van der Waals surface area (Å²) in [4.78, 5) is 5.67. The summed E-state index contributed by atoms with van der Waals surface area (Å²) >= 11 is 1.79. The number of thiophene rings is 1. The number of ether oxygens (including phenoxy) is 1. The first-order valence-electron chi connectivity index (χ1n) is 6.66. The molecule has 2 nitrogen and oxygen atoms in total. The van der Waals surface area contributed by atoms with Gasteiger partial charge in [-0.15, -0.1) is 11.3 Å². The Hall–Kier alpha value is -2.13. The molecule has 4 rings (SSSR count). The van der Waals surface area contributed by atoms with Crippen molar-refractivity contribution in [1.82, 2.24) is 0 Å². The van der Waals surface area contributed by atoms with Crippen LogP contribution in [0, 0.1) is 0 Å². The lowest BCUT2D eigenvalue weighted by Gasteiger charge is -2.04. The first kappa shape index (κ1) is 11.7. The summed E-state index contributed by atoms with van der Waals surface area (Å²) in [5.74, 6) is 0.771. The highest BCUT2D eigenvalue weighted by Crippen LogP contribution is 2.34. The van der Waals surface area contributed by atoms with Crippen LogP contribution in [0.25, 0.3) is 21.2 Å². The maximum Gasteiger partial charge on any atom is 0.216 e. The molecular weight excluding hydrogens is 266 g/mol. The van der Waals surface area contributed by atoms with Gasteiger partial charge in [0.05, 0.1) is 6.54 Å². The summed E-state index contributed by atoms with van der Waals surface area (Å²) in [7, 11) is 0. The second-order valence-electron chi connectivity index (χ2n) is 4.76. The molecule has 3 heteroatoms. The zero-order valence-electron chi connectivity index (χ0n) is 10.9. The van der Waals surface area contributed by atoms with Crippen molar-refractivity contribution >= 4 is 28.0 Å². The summed E-state index contributed by atoms with van der Waals surface area (Å²) in [6.07, 6.45) is 0. The van der Waals surface area contributed by atoms with Gasteiger partial charge in [-0.05, 0) is 28.5 Å². The average molecular weight is 279 g/mol. The second kappa shape index (κ2) is 4.76. The summed E-state index contributed by atoms with van der Waals surface area (Å²) in [5, 5.41) is 4.84. The molecule has 98 valence electrons. The molecule has 20 heavy (non-hydrogen) atoms. The molecule has 0 radical (unpaired) electrons. The number of hydrogen-bond acceptors (Lipinski definition) is 3. The molecule has 0 saturated carbocycles. The van der Waals surface area contributed by atoms with E-state index in [1.165, 1.54) is 21.2 Å². The predicted molar refractivity (Wildman–Crippen MR) is 84.6 cm³/mol. The molecule has 0 aliphatic carbocycles. The van der Waals surface area contributed by atoms with Crippen molar-refractivity contribution in [3.05, 3.63) is 59.5 Å². The Balaban J connectivity index is 1.75. The number of nitrogens with zero attached hydrogens (tertiary/aromatic N) is 1. The molecule has 0 spiro atoms. The molecule has 3 aromatic rings. The van der Waals surface area contributed by atoms with E-state index in [0.717, 1.165) is 18.0 Å². The summed E-state index contributed by atoms with van der Waals surface area (Å²) < 4.78 is 5.49. The zero-order valence-corrected chi connectivity index (χ0v) is 11.7. The minimum atomic E-state index is 0.701. The number of fused-ring (bicyclic) bond motifs is 1. The summed E-state index contributed by atoms with van der Waals surface area (Å²) in [6, 6.07) is 17.0. The van der Waals surface area contributed by atoms with Crippen LogP contribution in [0.3, 0.4) is 0 Å². The van der Waals surface area contributed by atoms with E-state index < -0.39 is 0 Å². The third kappa shape index (κ3) is 1.91. The smallest absolute Gasteiger partial charge is 0.216 e. The van der Waals surface area contributed by atoms with Crippen LogP contribution in [0.4, 0.5) is 0 Å². The summed E-state index contributed by atoms with van der Waals surface area (Å²) in [6.45, 7) is 1.47. The molecule has 0 fully saturated rings. The molecule has 0 unspecified atom stereocenters. The van der Waals surface area contributed by atoms with Gasteiger partial charge < -0.3 is 4.74 Å². The van der Waals surface area contributed by atoms with E-state index >= 15 is 0 Å². The van der Waals surface area contributed by atoms with E-state index in [1.807, 2.05) is 0 Å². The van der Waals surface area contributed by atoms with Crippen LogP contribution in [-0.2, 0) is 4.74 Å². The standard InChI is InChI=1S/C17H13NOS/c1-2-4-15-14(3-1)11-20-16(15)12-5-7-13(8-6-12)17-18-9-10-19-17/h1-8,11H,9-10H2. The van der Waals surface area contributed by atoms with E-state index in [0.29, 0.717) is 6.61 Å². The lowest BCUT2D eigenvalue weighted by Crippen LogP contribution is -2.00. The molecule has 1 aliphatic heterocycles. The van der Waals surface area contributed by atoms with Crippen LogP contribution < -0.4 is 0 Å². The normalized spacial score (nSPS) is 14.3. The number of hydrogen-bond donors (Lipinski definition) is 0. The van der Waals surface area contributed by atoms with Gasteiger partial charge in [-0.3, -0.25) is 0 Å². The van der Waals surface area contributed by atoms with Crippen LogP contribution in [0.15, 0.2) is 58.9 Å². The van der Waals surface area contributed by atoms with Crippen molar-refractivity contribution in [1.29, 1.82) is 0 Å². The van der Waals surface area contributed by atoms with Gasteiger partial charge in [0.1, 0.15) is 6.61 Å². The molecule has 2 aromatic carbocycles. The van der Waals surface area contributed by atoms with E-state index in [4.69, 9.17) is 4.74 Å². The van der Waals surface area contributed by atoms with Gasteiger partial charge in [-0.1, -0.05) is 36.4 Å². The highest BCUT2D eigenvalue weighted by Gasteiger charge is 2.11. The van der Waals surface area contributed by atoms with Crippen LogP contribution in [0.1, 0.15) is 5.56 Å². The van der Waals surface area contributed by atoms with Gasteiger partial charge in [0.15, 0.2) is 0 Å². The predicted octanol–water partition coefficient (Wildman–Crippen LogP) is 4.35. The SMILES string of the molecule is c1ccc2c(-c3ccc(C4=NCCO4)cc3)scc2c1. The maximum absolute atomic E-state index is 5.49. The molecule has 0 bridgehead atoms. The third-order valence-electron chi connectivity index (χ3n) is 3.49. The fourth-order valence-electron chi connectivity index (χ4n) is 2.49. The third-order valence-corrected chi connectivity index (χ3v) is 4.55. The van der Waals surface area contributed by atoms with Crippen LogP contribution in [0.2, 0.25) is 0 Å². The van der Waals surface area contributed by atoms with Crippen molar-refractivity contribution in [2.45, 2.75) is 0 Å². The highest BCUT2D eigenvalue weighted by atomic mass is 32.1. The molecule has 0 amide bonds. The number of benzene rings is 2. The molecule has 1 aliphatic rings. The van der Waals surface area contributed by atoms with Gasteiger partial charge in [0.2, 0.25) is 5.90 Å². The molecule has 0 saturated heterocycles. The molecule has 2 heterocycles. The number of rotatable bonds is 2. The fourth-order valence-corrected chi connectivity index (χ4v) is 3.53. The molecule has 0 N–H and O–H groups in total. The van der Waals surface area contributed by atoms with Gasteiger partial charge in [-0.2, -0.15) is 0 Å². The summed E-state index contributed by atoms with van der Waals surface area (Å²) in [5.41, 5.74) is 2.31. The van der Waals surface area contributed by atoms with E-state index in [1.54, 1.807) is 11.3 Å². The fraction of sp³-hybridized carbons (Fsp3) is 0.118. The molecule has 1 aromatic heterocycles. The van der Waals surface area contributed by atoms with Crippen molar-refractivity contribution in [2.75, 3.05) is 13.2 Å². The van der Waals surface area contributed by atoms with Gasteiger partial charge in [0.25, 0.3) is 0 Å². The first-order valence-corrected chi connectivity index (χ1v) is 7.54. The van der Waals surface area contributed by atoms with E-state index in [9.17, 15) is 0 Å². The Kier molecular flexibility index (Phi) is 2.78. The Bertz CT molecular complexity index is 786. The van der Waals surface area contributed by atoms with Gasteiger partial charge >= 0.3 is 0 Å². The first-order chi connectivity index (χ1) is 9.92. The Labute approximate surface area is 121 Å². The van der Waals surface area contributed by atoms with Crippen molar-refractivity contribution in [3.63, 3.8) is 0 Å². The topological polar surface area (TPSA) is 21.6 Å². The second-order valence-corrected chi connectivity index (χ2v) is 5.64. The average Bonchev–Trinajstić information content (AvgIpc) is 3.17. The van der Waals surface area contributed by atoms with Crippen molar-refractivity contribution < 1.29 is 4.74 Å². The Morgan fingerprint density at radius 3 is 2.55 bits per heavy atom. The molecule has 0 atom stereocenters.